The van der Waals surface area contributed by atoms with Gasteiger partial charge < -0.3 is 10.3 Å². The topological polar surface area (TPSA) is 43.8 Å². The van der Waals surface area contributed by atoms with Crippen LogP contribution in [0, 0.1) is 6.92 Å². The fourth-order valence-electron chi connectivity index (χ4n) is 1.64. The number of nitrogens with two attached hydrogens (primary N) is 1. The van der Waals surface area contributed by atoms with Crippen molar-refractivity contribution in [2.45, 2.75) is 13.3 Å². The zero-order valence-corrected chi connectivity index (χ0v) is 9.84. The van der Waals surface area contributed by atoms with Crippen LogP contribution in [-0.2, 0) is 13.5 Å². The quantitative estimate of drug-likeness (QED) is 0.861. The first kappa shape index (κ1) is 10.4. The highest BCUT2D eigenvalue weighted by molar-refractivity contribution is 7.13. The van der Waals surface area contributed by atoms with E-state index >= 15 is 0 Å². The second kappa shape index (κ2) is 4.16. The highest BCUT2D eigenvalue weighted by atomic mass is 32.1. The predicted molar refractivity (Wildman–Crippen MR) is 64.0 cm³/mol. The number of nitrogens with zero attached hydrogens (tertiary/aromatic N) is 2. The zero-order valence-electron chi connectivity index (χ0n) is 9.03. The molecule has 0 aromatic carbocycles. The normalized spacial score (nSPS) is 10.9. The molecule has 0 unspecified atom stereocenters. The van der Waals surface area contributed by atoms with Crippen LogP contribution in [0.25, 0.3) is 10.7 Å². The first-order chi connectivity index (χ1) is 7.24. The second-order valence-electron chi connectivity index (χ2n) is 3.54. The van der Waals surface area contributed by atoms with Crippen molar-refractivity contribution in [1.82, 2.24) is 9.55 Å². The van der Waals surface area contributed by atoms with E-state index in [1.165, 1.54) is 10.6 Å². The molecule has 3 nitrogen and oxygen atoms in total. The Morgan fingerprint density at radius 3 is 2.93 bits per heavy atom. The van der Waals surface area contributed by atoms with Gasteiger partial charge in [-0.15, -0.1) is 11.3 Å². The molecule has 0 spiro atoms. The van der Waals surface area contributed by atoms with Crippen LogP contribution in [0.5, 0.6) is 0 Å². The fourth-order valence-corrected chi connectivity index (χ4v) is 2.38. The third-order valence-corrected chi connectivity index (χ3v) is 3.47. The van der Waals surface area contributed by atoms with Crippen LogP contribution < -0.4 is 5.73 Å². The average Bonchev–Trinajstić information content (AvgIpc) is 2.82. The van der Waals surface area contributed by atoms with Gasteiger partial charge in [-0.2, -0.15) is 0 Å². The van der Waals surface area contributed by atoms with E-state index in [9.17, 15) is 0 Å². The minimum atomic E-state index is 0.654. The summed E-state index contributed by atoms with van der Waals surface area (Å²) < 4.78 is 2.14. The lowest BCUT2D eigenvalue weighted by Crippen LogP contribution is -2.04. The van der Waals surface area contributed by atoms with Gasteiger partial charge in [0, 0.05) is 19.2 Å². The van der Waals surface area contributed by atoms with E-state index < -0.39 is 0 Å². The molecule has 0 saturated heterocycles. The van der Waals surface area contributed by atoms with Crippen molar-refractivity contribution in [3.63, 3.8) is 0 Å². The van der Waals surface area contributed by atoms with Crippen LogP contribution in [0.2, 0.25) is 0 Å². The van der Waals surface area contributed by atoms with Gasteiger partial charge >= 0.3 is 0 Å². The number of aromatic nitrogens is 2. The summed E-state index contributed by atoms with van der Waals surface area (Å²) in [6.07, 6.45) is 0.852. The van der Waals surface area contributed by atoms with Gasteiger partial charge in [0.1, 0.15) is 5.82 Å². The number of thiophene rings is 1. The summed E-state index contributed by atoms with van der Waals surface area (Å²) in [6.45, 7) is 2.75. The maximum Gasteiger partial charge on any atom is 0.150 e. The Kier molecular flexibility index (Phi) is 2.88. The molecule has 2 aromatic heterocycles. The molecule has 0 aliphatic rings. The van der Waals surface area contributed by atoms with Crippen LogP contribution in [0.4, 0.5) is 0 Å². The highest BCUT2D eigenvalue weighted by Gasteiger charge is 2.12. The van der Waals surface area contributed by atoms with Gasteiger partial charge in [-0.05, 0) is 24.9 Å². The molecule has 0 aliphatic carbocycles. The Balaban J connectivity index is 2.45. The van der Waals surface area contributed by atoms with E-state index in [0.29, 0.717) is 6.54 Å². The summed E-state index contributed by atoms with van der Waals surface area (Å²) in [4.78, 5) is 5.85. The third kappa shape index (κ3) is 1.82. The standard InChI is InChI=1S/C11H15N3S/c1-8-9(5-6-12)13-11(14(8)2)10-4-3-7-15-10/h3-4,7H,5-6,12H2,1-2H3. The van der Waals surface area contributed by atoms with Crippen molar-refractivity contribution in [2.75, 3.05) is 6.54 Å². The fraction of sp³-hybridized carbons (Fsp3) is 0.364. The Morgan fingerprint density at radius 2 is 2.33 bits per heavy atom. The monoisotopic (exact) mass is 221 g/mol. The molecule has 0 saturated carbocycles. The summed E-state index contributed by atoms with van der Waals surface area (Å²) in [6, 6.07) is 4.14. The first-order valence-electron chi connectivity index (χ1n) is 5.00. The van der Waals surface area contributed by atoms with Gasteiger partial charge in [0.25, 0.3) is 0 Å². The Bertz CT molecular complexity index is 443. The molecule has 0 aliphatic heterocycles. The van der Waals surface area contributed by atoms with Crippen LogP contribution in [0.3, 0.4) is 0 Å². The number of hydrogen-bond acceptors (Lipinski definition) is 3. The molecule has 0 amide bonds. The summed E-state index contributed by atoms with van der Waals surface area (Å²) in [5, 5.41) is 2.07. The maximum atomic E-state index is 5.56. The SMILES string of the molecule is Cc1c(CCN)nc(-c2cccs2)n1C. The van der Waals surface area contributed by atoms with E-state index in [4.69, 9.17) is 5.73 Å². The molecule has 2 heterocycles. The van der Waals surface area contributed by atoms with Crippen molar-refractivity contribution in [3.05, 3.63) is 28.9 Å². The molecule has 2 aromatic rings. The molecule has 4 heteroatoms. The Morgan fingerprint density at radius 1 is 1.53 bits per heavy atom. The van der Waals surface area contributed by atoms with Crippen LogP contribution in [0.1, 0.15) is 11.4 Å². The molecule has 0 atom stereocenters. The average molecular weight is 221 g/mol. The lowest BCUT2D eigenvalue weighted by atomic mass is 10.2. The van der Waals surface area contributed by atoms with E-state index in [0.717, 1.165) is 17.9 Å². The van der Waals surface area contributed by atoms with E-state index in [2.05, 4.69) is 35.0 Å². The molecule has 2 N–H and O–H groups in total. The van der Waals surface area contributed by atoms with Crippen molar-refractivity contribution in [1.29, 1.82) is 0 Å². The van der Waals surface area contributed by atoms with Crippen LogP contribution in [-0.4, -0.2) is 16.1 Å². The summed E-state index contributed by atoms with van der Waals surface area (Å²) in [5.74, 6) is 1.05. The zero-order chi connectivity index (χ0) is 10.8. The second-order valence-corrected chi connectivity index (χ2v) is 4.49. The van der Waals surface area contributed by atoms with E-state index in [1.807, 2.05) is 6.07 Å². The highest BCUT2D eigenvalue weighted by Crippen LogP contribution is 2.25. The summed E-state index contributed by atoms with van der Waals surface area (Å²) in [7, 11) is 2.05. The Labute approximate surface area is 93.6 Å². The van der Waals surface area contributed by atoms with Crippen molar-refractivity contribution < 1.29 is 0 Å². The van der Waals surface area contributed by atoms with Crippen molar-refractivity contribution in [3.8, 4) is 10.7 Å². The minimum Gasteiger partial charge on any atom is -0.330 e. The predicted octanol–water partition coefficient (Wildman–Crippen LogP) is 1.96. The van der Waals surface area contributed by atoms with Crippen molar-refractivity contribution in [2.24, 2.45) is 12.8 Å². The third-order valence-electron chi connectivity index (χ3n) is 2.60. The maximum absolute atomic E-state index is 5.56. The minimum absolute atomic E-state index is 0.654. The lowest BCUT2D eigenvalue weighted by Gasteiger charge is -1.99. The molecular formula is C11H15N3S. The van der Waals surface area contributed by atoms with Gasteiger partial charge in [0.2, 0.25) is 0 Å². The number of rotatable bonds is 3. The van der Waals surface area contributed by atoms with Gasteiger partial charge in [0.15, 0.2) is 0 Å². The molecule has 2 rings (SSSR count). The summed E-state index contributed by atoms with van der Waals surface area (Å²) >= 11 is 1.72. The molecule has 0 bridgehead atoms. The van der Waals surface area contributed by atoms with Gasteiger partial charge in [-0.3, -0.25) is 0 Å². The Hall–Kier alpha value is -1.13. The van der Waals surface area contributed by atoms with Gasteiger partial charge in [0.05, 0.1) is 10.6 Å². The van der Waals surface area contributed by atoms with Gasteiger partial charge in [-0.1, -0.05) is 6.07 Å². The molecule has 80 valence electrons. The van der Waals surface area contributed by atoms with Crippen LogP contribution in [0.15, 0.2) is 17.5 Å². The molecular weight excluding hydrogens is 206 g/mol. The van der Waals surface area contributed by atoms with E-state index in [-0.39, 0.29) is 0 Å². The molecule has 15 heavy (non-hydrogen) atoms. The van der Waals surface area contributed by atoms with Crippen LogP contribution >= 0.6 is 11.3 Å². The van der Waals surface area contributed by atoms with E-state index in [1.54, 1.807) is 11.3 Å². The lowest BCUT2D eigenvalue weighted by molar-refractivity contribution is 0.866. The molecule has 0 fully saturated rings. The molecule has 0 radical (unpaired) electrons. The van der Waals surface area contributed by atoms with Gasteiger partial charge in [-0.25, -0.2) is 4.98 Å². The largest absolute Gasteiger partial charge is 0.330 e. The number of imidazole rings is 1. The van der Waals surface area contributed by atoms with Crippen molar-refractivity contribution >= 4 is 11.3 Å². The smallest absolute Gasteiger partial charge is 0.150 e. The first-order valence-corrected chi connectivity index (χ1v) is 5.88. The number of hydrogen-bond donors (Lipinski definition) is 1. The summed E-state index contributed by atoms with van der Waals surface area (Å²) in [5.41, 5.74) is 7.89.